The van der Waals surface area contributed by atoms with Crippen LogP contribution >= 0.6 is 0 Å². The number of hydrogen-bond acceptors (Lipinski definition) is 5. The van der Waals surface area contributed by atoms with Crippen LogP contribution in [0.5, 0.6) is 5.75 Å². The quantitative estimate of drug-likeness (QED) is 0.546. The van der Waals surface area contributed by atoms with Gasteiger partial charge in [-0.3, -0.25) is 9.78 Å². The number of carbonyl (C=O) groups is 1. The molecule has 0 radical (unpaired) electrons. The van der Waals surface area contributed by atoms with Crippen molar-refractivity contribution < 1.29 is 9.53 Å². The summed E-state index contributed by atoms with van der Waals surface area (Å²) in [7, 11) is 1.62. The van der Waals surface area contributed by atoms with Crippen LogP contribution in [0.4, 0.5) is 0 Å². The monoisotopic (exact) mass is 362 g/mol. The maximum absolute atomic E-state index is 12.4. The first-order valence-corrected chi connectivity index (χ1v) is 8.79. The number of ether oxygens (including phenoxy) is 1. The lowest BCUT2D eigenvalue weighted by Gasteiger charge is -2.08. The molecule has 138 valence electrons. The maximum atomic E-state index is 12.4. The lowest BCUT2D eigenvalue weighted by atomic mass is 10.1. The van der Waals surface area contributed by atoms with Crippen LogP contribution in [-0.4, -0.2) is 32.6 Å². The zero-order valence-corrected chi connectivity index (χ0v) is 15.3. The molecule has 0 saturated carbocycles. The molecular weight excluding hydrogens is 340 g/mol. The van der Waals surface area contributed by atoms with Gasteiger partial charge >= 0.3 is 0 Å². The number of aromatic nitrogens is 4. The van der Waals surface area contributed by atoms with E-state index in [0.29, 0.717) is 25.8 Å². The van der Waals surface area contributed by atoms with Gasteiger partial charge in [-0.2, -0.15) is 0 Å². The van der Waals surface area contributed by atoms with E-state index in [0.717, 1.165) is 28.5 Å². The van der Waals surface area contributed by atoms with Gasteiger partial charge in [0.25, 0.3) is 0 Å². The number of allylic oxidation sites excluding steroid dienone is 1. The summed E-state index contributed by atoms with van der Waals surface area (Å²) in [6.07, 6.45) is 6.58. The summed E-state index contributed by atoms with van der Waals surface area (Å²) in [6, 6.07) is 11.4. The van der Waals surface area contributed by atoms with E-state index in [1.807, 2.05) is 41.0 Å². The van der Waals surface area contributed by atoms with Crippen LogP contribution in [0.25, 0.3) is 11.4 Å². The second kappa shape index (κ2) is 8.89. The van der Waals surface area contributed by atoms with Gasteiger partial charge in [-0.15, -0.1) is 16.8 Å². The third kappa shape index (κ3) is 4.67. The molecule has 0 amide bonds. The molecule has 0 spiro atoms. The van der Waals surface area contributed by atoms with E-state index in [1.165, 1.54) is 0 Å². The largest absolute Gasteiger partial charge is 0.497 e. The fourth-order valence-electron chi connectivity index (χ4n) is 2.90. The Labute approximate surface area is 158 Å². The summed E-state index contributed by atoms with van der Waals surface area (Å²) in [6.45, 7) is 4.39. The summed E-state index contributed by atoms with van der Waals surface area (Å²) in [5, 5.41) is 8.57. The Bertz CT molecular complexity index is 919. The normalized spacial score (nSPS) is 10.6. The van der Waals surface area contributed by atoms with Gasteiger partial charge in [-0.05, 0) is 29.8 Å². The summed E-state index contributed by atoms with van der Waals surface area (Å²) in [5.74, 6) is 2.41. The molecular formula is C21H22N4O2. The minimum absolute atomic E-state index is 0.152. The van der Waals surface area contributed by atoms with Crippen LogP contribution in [0.3, 0.4) is 0 Å². The molecule has 2 aromatic heterocycles. The lowest BCUT2D eigenvalue weighted by Crippen LogP contribution is -2.09. The van der Waals surface area contributed by atoms with E-state index >= 15 is 0 Å². The molecule has 0 saturated heterocycles. The fraction of sp³-hybridized carbons (Fsp3) is 0.238. The first-order valence-electron chi connectivity index (χ1n) is 8.79. The Balaban J connectivity index is 1.69. The van der Waals surface area contributed by atoms with Crippen molar-refractivity contribution in [3.8, 4) is 17.1 Å². The topological polar surface area (TPSA) is 69.9 Å². The van der Waals surface area contributed by atoms with E-state index in [9.17, 15) is 4.79 Å². The number of nitrogens with zero attached hydrogens (tertiary/aromatic N) is 4. The third-order valence-electron chi connectivity index (χ3n) is 4.22. The summed E-state index contributed by atoms with van der Waals surface area (Å²) in [4.78, 5) is 16.5. The predicted octanol–water partition coefficient (Wildman–Crippen LogP) is 3.28. The molecule has 0 atom stereocenters. The molecule has 2 heterocycles. The Hall–Kier alpha value is -3.28. The average Bonchev–Trinajstić information content (AvgIpc) is 3.10. The van der Waals surface area contributed by atoms with Crippen LogP contribution in [0.2, 0.25) is 0 Å². The van der Waals surface area contributed by atoms with Crippen LogP contribution < -0.4 is 4.74 Å². The van der Waals surface area contributed by atoms with Gasteiger partial charge in [0.15, 0.2) is 5.82 Å². The number of benzene rings is 1. The number of ketones is 1. The van der Waals surface area contributed by atoms with Crippen LogP contribution in [0.15, 0.2) is 61.4 Å². The van der Waals surface area contributed by atoms with Crippen molar-refractivity contribution in [2.24, 2.45) is 0 Å². The highest BCUT2D eigenvalue weighted by molar-refractivity contribution is 5.81. The Morgan fingerprint density at radius 1 is 1.26 bits per heavy atom. The molecule has 0 aliphatic heterocycles. The van der Waals surface area contributed by atoms with Crippen molar-refractivity contribution in [2.75, 3.05) is 7.11 Å². The minimum atomic E-state index is 0.152. The molecule has 0 aliphatic rings. The number of aryl methyl sites for hydroxylation is 1. The van der Waals surface area contributed by atoms with E-state index in [-0.39, 0.29) is 5.78 Å². The number of Topliss-reactive ketones (excluding diaryl/α,β-unsaturated/α-hetero) is 1. The van der Waals surface area contributed by atoms with Crippen molar-refractivity contribution in [3.63, 3.8) is 0 Å². The maximum Gasteiger partial charge on any atom is 0.165 e. The smallest absolute Gasteiger partial charge is 0.165 e. The molecule has 3 aromatic rings. The first kappa shape index (κ1) is 18.5. The number of rotatable bonds is 9. The van der Waals surface area contributed by atoms with Crippen molar-refractivity contribution in [3.05, 3.63) is 72.8 Å². The fourth-order valence-corrected chi connectivity index (χ4v) is 2.90. The van der Waals surface area contributed by atoms with E-state index < -0.39 is 0 Å². The number of carbonyl (C=O) groups excluding carboxylic acids is 1. The summed E-state index contributed by atoms with van der Waals surface area (Å²) < 4.78 is 7.18. The van der Waals surface area contributed by atoms with Crippen molar-refractivity contribution in [2.45, 2.75) is 25.8 Å². The molecule has 3 rings (SSSR count). The second-order valence-electron chi connectivity index (χ2n) is 6.15. The Morgan fingerprint density at radius 3 is 2.89 bits per heavy atom. The Morgan fingerprint density at radius 2 is 2.15 bits per heavy atom. The number of pyridine rings is 1. The van der Waals surface area contributed by atoms with Gasteiger partial charge in [-0.1, -0.05) is 18.2 Å². The molecule has 1 aromatic carbocycles. The molecule has 0 aliphatic carbocycles. The predicted molar refractivity (Wildman–Crippen MR) is 103 cm³/mol. The Kier molecular flexibility index (Phi) is 6.10. The molecule has 0 bridgehead atoms. The van der Waals surface area contributed by atoms with Gasteiger partial charge in [-0.25, -0.2) is 0 Å². The molecule has 0 fully saturated rings. The third-order valence-corrected chi connectivity index (χ3v) is 4.22. The zero-order valence-electron chi connectivity index (χ0n) is 15.3. The molecule has 6 nitrogen and oxygen atoms in total. The van der Waals surface area contributed by atoms with Gasteiger partial charge < -0.3 is 9.30 Å². The van der Waals surface area contributed by atoms with E-state index in [1.54, 1.807) is 25.6 Å². The molecule has 0 N–H and O–H groups in total. The molecule has 6 heteroatoms. The highest BCUT2D eigenvalue weighted by Gasteiger charge is 2.14. The number of hydrogen-bond donors (Lipinski definition) is 0. The van der Waals surface area contributed by atoms with Crippen LogP contribution in [0.1, 0.15) is 17.8 Å². The molecule has 0 unspecified atom stereocenters. The zero-order chi connectivity index (χ0) is 19.1. The van der Waals surface area contributed by atoms with Crippen LogP contribution in [0, 0.1) is 0 Å². The highest BCUT2D eigenvalue weighted by Crippen LogP contribution is 2.19. The van der Waals surface area contributed by atoms with Crippen molar-refractivity contribution in [1.82, 2.24) is 19.7 Å². The summed E-state index contributed by atoms with van der Waals surface area (Å²) >= 11 is 0. The SMILES string of the molecule is C=CCn1c(CCC(=O)Cc2cccc(OC)c2)nnc1-c1cccnc1. The van der Waals surface area contributed by atoms with Gasteiger partial charge in [0.2, 0.25) is 0 Å². The highest BCUT2D eigenvalue weighted by atomic mass is 16.5. The van der Waals surface area contributed by atoms with Crippen molar-refractivity contribution in [1.29, 1.82) is 0 Å². The second-order valence-corrected chi connectivity index (χ2v) is 6.15. The molecule has 27 heavy (non-hydrogen) atoms. The number of methoxy groups -OCH3 is 1. The van der Waals surface area contributed by atoms with E-state index in [4.69, 9.17) is 4.74 Å². The van der Waals surface area contributed by atoms with Gasteiger partial charge in [0, 0.05) is 43.8 Å². The van der Waals surface area contributed by atoms with E-state index in [2.05, 4.69) is 21.8 Å². The first-order chi connectivity index (χ1) is 13.2. The van der Waals surface area contributed by atoms with Gasteiger partial charge in [0.05, 0.1) is 7.11 Å². The lowest BCUT2D eigenvalue weighted by molar-refractivity contribution is -0.118. The van der Waals surface area contributed by atoms with Gasteiger partial charge in [0.1, 0.15) is 17.4 Å². The summed E-state index contributed by atoms with van der Waals surface area (Å²) in [5.41, 5.74) is 1.84. The van der Waals surface area contributed by atoms with Crippen LogP contribution in [-0.2, 0) is 24.2 Å². The minimum Gasteiger partial charge on any atom is -0.497 e. The van der Waals surface area contributed by atoms with Crippen molar-refractivity contribution >= 4 is 5.78 Å². The standard InChI is InChI=1S/C21H22N4O2/c1-3-12-25-20(23-24-21(25)17-7-5-11-22-15-17)10-9-18(26)13-16-6-4-8-19(14-16)27-2/h3-8,11,14-15H,1,9-10,12-13H2,2H3. The average molecular weight is 362 g/mol.